The van der Waals surface area contributed by atoms with E-state index in [1.54, 1.807) is 0 Å². The van der Waals surface area contributed by atoms with Crippen LogP contribution in [0.4, 0.5) is 0 Å². The monoisotopic (exact) mass is 388 g/mol. The van der Waals surface area contributed by atoms with Crippen LogP contribution in [0.1, 0.15) is 112 Å². The fraction of sp³-hybridized carbons (Fsp3) is 0.818. The Hall–Kier alpha value is -0.0400. The fourth-order valence-electron chi connectivity index (χ4n) is 2.08. The lowest BCUT2D eigenvalue weighted by molar-refractivity contribution is 0.613. The molecular formula is C22H45Br. The Bertz CT molecular complexity index is 206. The van der Waals surface area contributed by atoms with Crippen molar-refractivity contribution in [3.8, 4) is 0 Å². The van der Waals surface area contributed by atoms with Crippen LogP contribution in [0.25, 0.3) is 0 Å². The number of hydrogen-bond donors (Lipinski definition) is 0. The van der Waals surface area contributed by atoms with Gasteiger partial charge in [-0.2, -0.15) is 0 Å². The first kappa shape index (κ1) is 27.8. The summed E-state index contributed by atoms with van der Waals surface area (Å²) in [6.07, 6.45) is 25.3. The zero-order valence-electron chi connectivity index (χ0n) is 16.9. The van der Waals surface area contributed by atoms with Gasteiger partial charge in [0.25, 0.3) is 0 Å². The molecule has 0 aliphatic rings. The summed E-state index contributed by atoms with van der Waals surface area (Å²) >= 11 is 3.48. The summed E-state index contributed by atoms with van der Waals surface area (Å²) in [5.74, 6) is 0. The minimum absolute atomic E-state index is 1.12. The second kappa shape index (κ2) is 33.5. The molecule has 0 heterocycles. The second-order valence-electron chi connectivity index (χ2n) is 5.27. The molecule has 0 amide bonds. The molecule has 140 valence electrons. The van der Waals surface area contributed by atoms with E-state index in [4.69, 9.17) is 0 Å². The highest BCUT2D eigenvalue weighted by molar-refractivity contribution is 9.09. The molecule has 23 heavy (non-hydrogen) atoms. The van der Waals surface area contributed by atoms with Crippen molar-refractivity contribution in [3.05, 3.63) is 24.3 Å². The van der Waals surface area contributed by atoms with Gasteiger partial charge in [-0.15, -0.1) is 0 Å². The SMILES string of the molecule is CC.CC.CCCCC/C=C\C/C=C\CCCCCCCCBr. The molecule has 0 aliphatic carbocycles. The summed E-state index contributed by atoms with van der Waals surface area (Å²) in [6, 6.07) is 0. The molecule has 0 aromatic rings. The van der Waals surface area contributed by atoms with Crippen molar-refractivity contribution in [2.75, 3.05) is 5.33 Å². The van der Waals surface area contributed by atoms with Gasteiger partial charge in [-0.1, -0.05) is 113 Å². The fourth-order valence-corrected chi connectivity index (χ4v) is 2.48. The van der Waals surface area contributed by atoms with Crippen LogP contribution in [-0.4, -0.2) is 5.33 Å². The zero-order valence-corrected chi connectivity index (χ0v) is 18.5. The van der Waals surface area contributed by atoms with Gasteiger partial charge < -0.3 is 0 Å². The van der Waals surface area contributed by atoms with Gasteiger partial charge in [0.05, 0.1) is 0 Å². The Labute approximate surface area is 157 Å². The molecule has 1 heteroatoms. The molecule has 0 N–H and O–H groups in total. The highest BCUT2D eigenvalue weighted by atomic mass is 79.9. The summed E-state index contributed by atoms with van der Waals surface area (Å²) in [6.45, 7) is 10.3. The molecule has 0 bridgehead atoms. The minimum Gasteiger partial charge on any atom is -0.0928 e. The third-order valence-corrected chi connectivity index (χ3v) is 3.89. The second-order valence-corrected chi connectivity index (χ2v) is 6.07. The van der Waals surface area contributed by atoms with E-state index >= 15 is 0 Å². The quantitative estimate of drug-likeness (QED) is 0.158. The lowest BCUT2D eigenvalue weighted by Gasteiger charge is -1.98. The first-order valence-corrected chi connectivity index (χ1v) is 11.4. The van der Waals surface area contributed by atoms with Gasteiger partial charge in [0, 0.05) is 5.33 Å². The van der Waals surface area contributed by atoms with Gasteiger partial charge in [0.2, 0.25) is 0 Å². The predicted molar refractivity (Wildman–Crippen MR) is 116 cm³/mol. The number of hydrogen-bond acceptors (Lipinski definition) is 0. The van der Waals surface area contributed by atoms with E-state index in [1.807, 2.05) is 27.7 Å². The first-order valence-electron chi connectivity index (χ1n) is 10.3. The average Bonchev–Trinajstić information content (AvgIpc) is 2.62. The number of unbranched alkanes of at least 4 members (excludes halogenated alkanes) is 9. The van der Waals surface area contributed by atoms with Crippen LogP contribution in [0, 0.1) is 0 Å². The zero-order chi connectivity index (χ0) is 18.0. The van der Waals surface area contributed by atoms with Gasteiger partial charge in [0.1, 0.15) is 0 Å². The Kier molecular flexibility index (Phi) is 40.5. The molecule has 0 saturated carbocycles. The lowest BCUT2D eigenvalue weighted by Crippen LogP contribution is -1.80. The van der Waals surface area contributed by atoms with Gasteiger partial charge in [-0.05, 0) is 38.5 Å². The van der Waals surface area contributed by atoms with Crippen LogP contribution in [0.2, 0.25) is 0 Å². The minimum atomic E-state index is 1.12. The maximum atomic E-state index is 3.48. The molecule has 0 aromatic carbocycles. The van der Waals surface area contributed by atoms with Gasteiger partial charge in [-0.3, -0.25) is 0 Å². The molecule has 0 saturated heterocycles. The number of alkyl halides is 1. The third kappa shape index (κ3) is 34.3. The summed E-state index contributed by atoms with van der Waals surface area (Å²) in [7, 11) is 0. The van der Waals surface area contributed by atoms with Gasteiger partial charge in [0.15, 0.2) is 0 Å². The van der Waals surface area contributed by atoms with Crippen molar-refractivity contribution >= 4 is 15.9 Å². The molecule has 0 spiro atoms. The molecule has 0 radical (unpaired) electrons. The normalized spacial score (nSPS) is 10.3. The molecule has 0 fully saturated rings. The predicted octanol–water partition coefficient (Wildman–Crippen LogP) is 9.25. The first-order chi connectivity index (χ1) is 11.4. The Morgan fingerprint density at radius 1 is 0.565 bits per heavy atom. The van der Waals surface area contributed by atoms with Gasteiger partial charge in [-0.25, -0.2) is 0 Å². The largest absolute Gasteiger partial charge is 0.0928 e. The van der Waals surface area contributed by atoms with E-state index < -0.39 is 0 Å². The van der Waals surface area contributed by atoms with E-state index in [1.165, 1.54) is 76.0 Å². The molecule has 0 unspecified atom stereocenters. The van der Waals surface area contributed by atoms with Crippen molar-refractivity contribution in [3.63, 3.8) is 0 Å². The van der Waals surface area contributed by atoms with Crippen LogP contribution in [-0.2, 0) is 0 Å². The van der Waals surface area contributed by atoms with Crippen molar-refractivity contribution in [1.29, 1.82) is 0 Å². The van der Waals surface area contributed by atoms with Crippen LogP contribution in [0.15, 0.2) is 24.3 Å². The maximum Gasteiger partial charge on any atom is 0.00313 e. The summed E-state index contributed by atoms with van der Waals surface area (Å²) in [5.41, 5.74) is 0. The van der Waals surface area contributed by atoms with Crippen molar-refractivity contribution in [1.82, 2.24) is 0 Å². The molecule has 0 aliphatic heterocycles. The van der Waals surface area contributed by atoms with E-state index in [2.05, 4.69) is 47.2 Å². The average molecular weight is 390 g/mol. The van der Waals surface area contributed by atoms with Crippen molar-refractivity contribution < 1.29 is 0 Å². The number of allylic oxidation sites excluding steroid dienone is 4. The van der Waals surface area contributed by atoms with E-state index in [0.29, 0.717) is 0 Å². The lowest BCUT2D eigenvalue weighted by atomic mass is 10.1. The highest BCUT2D eigenvalue weighted by Gasteiger charge is 1.89. The van der Waals surface area contributed by atoms with Crippen LogP contribution >= 0.6 is 15.9 Å². The summed E-state index contributed by atoms with van der Waals surface area (Å²) in [5, 5.41) is 1.17. The van der Waals surface area contributed by atoms with Crippen molar-refractivity contribution in [2.24, 2.45) is 0 Å². The van der Waals surface area contributed by atoms with E-state index in [0.717, 1.165) is 6.42 Å². The molecular weight excluding hydrogens is 344 g/mol. The molecule has 0 rings (SSSR count). The van der Waals surface area contributed by atoms with E-state index in [-0.39, 0.29) is 0 Å². The van der Waals surface area contributed by atoms with Crippen LogP contribution in [0.5, 0.6) is 0 Å². The summed E-state index contributed by atoms with van der Waals surface area (Å²) < 4.78 is 0. The number of rotatable bonds is 14. The number of halogens is 1. The van der Waals surface area contributed by atoms with Gasteiger partial charge >= 0.3 is 0 Å². The molecule has 0 nitrogen and oxygen atoms in total. The molecule has 0 atom stereocenters. The highest BCUT2D eigenvalue weighted by Crippen LogP contribution is 2.08. The van der Waals surface area contributed by atoms with E-state index in [9.17, 15) is 0 Å². The smallest absolute Gasteiger partial charge is 0.00313 e. The third-order valence-electron chi connectivity index (χ3n) is 3.33. The van der Waals surface area contributed by atoms with Crippen LogP contribution in [0.3, 0.4) is 0 Å². The van der Waals surface area contributed by atoms with Crippen LogP contribution < -0.4 is 0 Å². The molecule has 0 aromatic heterocycles. The maximum absolute atomic E-state index is 3.48. The Balaban J connectivity index is -0.000000919. The standard InChI is InChI=1S/C18H33Br.2C2H6/c1-2-3-4-5-6-7-8-9-10-11-12-13-14-15-16-17-18-19;2*1-2/h6-7,9-10H,2-5,8,11-18H2,1H3;2*1-2H3/b7-6-,10-9-;;. The topological polar surface area (TPSA) is 0 Å². The van der Waals surface area contributed by atoms with Crippen molar-refractivity contribution in [2.45, 2.75) is 112 Å². The Morgan fingerprint density at radius 3 is 1.48 bits per heavy atom. The Morgan fingerprint density at radius 2 is 1.00 bits per heavy atom. The summed E-state index contributed by atoms with van der Waals surface area (Å²) in [4.78, 5) is 0.